The van der Waals surface area contributed by atoms with Crippen LogP contribution in [0.15, 0.2) is 55.1 Å². The van der Waals surface area contributed by atoms with Gasteiger partial charge in [-0.2, -0.15) is 0 Å². The molecule has 196 valence electrons. The molecule has 0 unspecified atom stereocenters. The molecule has 8 nitrogen and oxygen atoms in total. The van der Waals surface area contributed by atoms with Crippen LogP contribution in [0.4, 0.5) is 5.69 Å². The lowest BCUT2D eigenvalue weighted by Crippen LogP contribution is -2.48. The average molecular weight is 503 g/mol. The van der Waals surface area contributed by atoms with Gasteiger partial charge in [-0.05, 0) is 75.9 Å². The highest BCUT2D eigenvalue weighted by molar-refractivity contribution is 5.96. The van der Waals surface area contributed by atoms with Crippen LogP contribution in [0.3, 0.4) is 0 Å². The molecule has 1 aromatic carbocycles. The summed E-state index contributed by atoms with van der Waals surface area (Å²) >= 11 is 0. The third-order valence-corrected chi connectivity index (χ3v) is 7.34. The van der Waals surface area contributed by atoms with Gasteiger partial charge in [0.2, 0.25) is 0 Å². The molecule has 37 heavy (non-hydrogen) atoms. The highest BCUT2D eigenvalue weighted by Crippen LogP contribution is 2.28. The molecular weight excluding hydrogens is 464 g/mol. The van der Waals surface area contributed by atoms with Crippen molar-refractivity contribution in [2.75, 3.05) is 31.6 Å². The molecule has 0 spiro atoms. The predicted molar refractivity (Wildman–Crippen MR) is 146 cm³/mol. The number of piperidine rings is 1. The van der Waals surface area contributed by atoms with E-state index in [0.29, 0.717) is 35.6 Å². The number of pyridine rings is 1. The quantitative estimate of drug-likeness (QED) is 0.445. The molecule has 0 aliphatic carbocycles. The fraction of sp³-hybridized carbons (Fsp3) is 0.448. The van der Waals surface area contributed by atoms with E-state index in [4.69, 9.17) is 4.74 Å². The van der Waals surface area contributed by atoms with Crippen molar-refractivity contribution < 1.29 is 9.53 Å². The van der Waals surface area contributed by atoms with Crippen molar-refractivity contribution in [3.63, 3.8) is 0 Å². The summed E-state index contributed by atoms with van der Waals surface area (Å²) in [5.41, 5.74) is 4.43. The van der Waals surface area contributed by atoms with Crippen LogP contribution in [0.5, 0.6) is 5.75 Å². The van der Waals surface area contributed by atoms with Crippen molar-refractivity contribution in [1.29, 1.82) is 0 Å². The van der Waals surface area contributed by atoms with E-state index in [-0.39, 0.29) is 5.91 Å². The number of aryl methyl sites for hydroxylation is 2. The number of hydrogen-bond donors (Lipinski definition) is 1. The number of aromatic nitrogens is 3. The number of carbonyl (C=O) groups excluding carboxylic acids is 1. The van der Waals surface area contributed by atoms with Gasteiger partial charge in [0.25, 0.3) is 5.91 Å². The molecule has 3 aromatic rings. The molecule has 2 aromatic heterocycles. The normalized spacial score (nSPS) is 15.2. The van der Waals surface area contributed by atoms with E-state index in [9.17, 15) is 4.79 Å². The number of methoxy groups -OCH3 is 1. The zero-order chi connectivity index (χ0) is 26.2. The Morgan fingerprint density at radius 2 is 1.84 bits per heavy atom. The maximum absolute atomic E-state index is 12.7. The van der Waals surface area contributed by atoms with E-state index in [1.54, 1.807) is 7.11 Å². The Morgan fingerprint density at radius 1 is 1.14 bits per heavy atom. The minimum atomic E-state index is -0.0907. The predicted octanol–water partition coefficient (Wildman–Crippen LogP) is 4.18. The van der Waals surface area contributed by atoms with Crippen LogP contribution in [0.2, 0.25) is 0 Å². The molecule has 1 fully saturated rings. The number of ether oxygens (including phenoxy) is 1. The molecule has 3 heterocycles. The minimum Gasteiger partial charge on any atom is -0.497 e. The second kappa shape index (κ2) is 12.6. The third kappa shape index (κ3) is 6.83. The van der Waals surface area contributed by atoms with Crippen molar-refractivity contribution >= 4 is 11.6 Å². The maximum Gasteiger partial charge on any atom is 0.254 e. The average Bonchev–Trinajstić information content (AvgIpc) is 2.92. The Hall–Kier alpha value is -3.52. The van der Waals surface area contributed by atoms with Crippen molar-refractivity contribution in [3.8, 4) is 5.75 Å². The number of amides is 1. The summed E-state index contributed by atoms with van der Waals surface area (Å²) in [4.78, 5) is 30.4. The van der Waals surface area contributed by atoms with Crippen LogP contribution < -0.4 is 15.0 Å². The molecule has 1 atom stereocenters. The molecular formula is C29H38N6O2. The molecule has 8 heteroatoms. The Morgan fingerprint density at radius 3 is 2.46 bits per heavy atom. The lowest BCUT2D eigenvalue weighted by molar-refractivity contribution is 0.0943. The van der Waals surface area contributed by atoms with Gasteiger partial charge in [-0.1, -0.05) is 6.07 Å². The first-order valence-electron chi connectivity index (χ1n) is 13.1. The van der Waals surface area contributed by atoms with Crippen LogP contribution >= 0.6 is 0 Å². The standard InChI is InChI=1S/C29H38N6O2/c1-21(11-15-31-29(36)28-22(2)32-20-33-23(28)3)34-16-12-26(13-17-34)35(19-24-6-5-14-30-18-24)25-7-9-27(37-4)10-8-25/h5-10,14,18,20-21,26H,11-13,15-17,19H2,1-4H3,(H,31,36)/t21-/m1/s1. The van der Waals surface area contributed by atoms with Gasteiger partial charge >= 0.3 is 0 Å². The summed E-state index contributed by atoms with van der Waals surface area (Å²) in [6.07, 6.45) is 8.34. The number of anilines is 1. The molecule has 0 bridgehead atoms. The lowest BCUT2D eigenvalue weighted by Gasteiger charge is -2.42. The van der Waals surface area contributed by atoms with Crippen molar-refractivity contribution in [2.24, 2.45) is 0 Å². The SMILES string of the molecule is COc1ccc(N(Cc2cccnc2)C2CCN([C@H](C)CCNC(=O)c3c(C)ncnc3C)CC2)cc1. The van der Waals surface area contributed by atoms with Gasteiger partial charge in [-0.15, -0.1) is 0 Å². The second-order valence-electron chi connectivity index (χ2n) is 9.77. The van der Waals surface area contributed by atoms with Gasteiger partial charge in [0.15, 0.2) is 0 Å². The Bertz CT molecular complexity index is 1130. The lowest BCUT2D eigenvalue weighted by atomic mass is 9.99. The fourth-order valence-electron chi connectivity index (χ4n) is 5.12. The Balaban J connectivity index is 1.32. The molecule has 4 rings (SSSR count). The van der Waals surface area contributed by atoms with E-state index < -0.39 is 0 Å². The molecule has 1 amide bonds. The molecule has 1 N–H and O–H groups in total. The zero-order valence-electron chi connectivity index (χ0n) is 22.4. The summed E-state index contributed by atoms with van der Waals surface area (Å²) in [5, 5.41) is 3.07. The smallest absolute Gasteiger partial charge is 0.254 e. The molecule has 1 aliphatic rings. The van der Waals surface area contributed by atoms with Gasteiger partial charge in [-0.3, -0.25) is 9.78 Å². The van der Waals surface area contributed by atoms with E-state index in [0.717, 1.165) is 44.6 Å². The van der Waals surface area contributed by atoms with Gasteiger partial charge in [0.05, 0.1) is 24.1 Å². The maximum atomic E-state index is 12.7. The van der Waals surface area contributed by atoms with E-state index in [1.165, 1.54) is 17.6 Å². The largest absolute Gasteiger partial charge is 0.497 e. The number of carbonyl (C=O) groups is 1. The van der Waals surface area contributed by atoms with Gasteiger partial charge in [0, 0.05) is 56.3 Å². The highest BCUT2D eigenvalue weighted by atomic mass is 16.5. The summed E-state index contributed by atoms with van der Waals surface area (Å²) in [6.45, 7) is 9.47. The van der Waals surface area contributed by atoms with Crippen molar-refractivity contribution in [2.45, 2.75) is 58.7 Å². The number of benzene rings is 1. The van der Waals surface area contributed by atoms with Gasteiger partial charge < -0.3 is 19.9 Å². The van der Waals surface area contributed by atoms with Gasteiger partial charge in [-0.25, -0.2) is 9.97 Å². The zero-order valence-corrected chi connectivity index (χ0v) is 22.4. The fourth-order valence-corrected chi connectivity index (χ4v) is 5.12. The van der Waals surface area contributed by atoms with Gasteiger partial charge in [0.1, 0.15) is 12.1 Å². The number of likely N-dealkylation sites (tertiary alicyclic amines) is 1. The molecule has 1 aliphatic heterocycles. The minimum absolute atomic E-state index is 0.0907. The van der Waals surface area contributed by atoms with E-state index in [2.05, 4.69) is 55.2 Å². The summed E-state index contributed by atoms with van der Waals surface area (Å²) in [6, 6.07) is 13.3. The van der Waals surface area contributed by atoms with Crippen LogP contribution in [-0.2, 0) is 6.54 Å². The molecule has 1 saturated heterocycles. The topological polar surface area (TPSA) is 83.5 Å². The summed E-state index contributed by atoms with van der Waals surface area (Å²) in [5.74, 6) is 0.776. The van der Waals surface area contributed by atoms with Crippen molar-refractivity contribution in [1.82, 2.24) is 25.2 Å². The summed E-state index contributed by atoms with van der Waals surface area (Å²) < 4.78 is 5.37. The first-order valence-corrected chi connectivity index (χ1v) is 13.1. The van der Waals surface area contributed by atoms with Crippen LogP contribution in [0, 0.1) is 13.8 Å². The van der Waals surface area contributed by atoms with Crippen molar-refractivity contribution in [3.05, 3.63) is 77.6 Å². The number of nitrogens with zero attached hydrogens (tertiary/aromatic N) is 5. The third-order valence-electron chi connectivity index (χ3n) is 7.34. The van der Waals surface area contributed by atoms with Crippen LogP contribution in [0.1, 0.15) is 53.5 Å². The number of hydrogen-bond acceptors (Lipinski definition) is 7. The molecule has 0 saturated carbocycles. The molecule has 0 radical (unpaired) electrons. The summed E-state index contributed by atoms with van der Waals surface area (Å²) in [7, 11) is 1.70. The van der Waals surface area contributed by atoms with E-state index in [1.807, 2.05) is 44.4 Å². The Labute approximate surface area is 220 Å². The Kier molecular flexibility index (Phi) is 9.06. The number of rotatable bonds is 10. The number of nitrogens with one attached hydrogen (secondary N) is 1. The van der Waals surface area contributed by atoms with E-state index >= 15 is 0 Å². The monoisotopic (exact) mass is 502 g/mol. The highest BCUT2D eigenvalue weighted by Gasteiger charge is 2.27. The first kappa shape index (κ1) is 26.5. The van der Waals surface area contributed by atoms with Crippen LogP contribution in [-0.4, -0.2) is 64.6 Å². The first-order chi connectivity index (χ1) is 18.0. The second-order valence-corrected chi connectivity index (χ2v) is 9.77. The van der Waals surface area contributed by atoms with Crippen LogP contribution in [0.25, 0.3) is 0 Å².